The van der Waals surface area contributed by atoms with Crippen LogP contribution in [0.5, 0.6) is 0 Å². The third-order valence-electron chi connectivity index (χ3n) is 4.09. The van der Waals surface area contributed by atoms with Gasteiger partial charge in [0.1, 0.15) is 0 Å². The summed E-state index contributed by atoms with van der Waals surface area (Å²) < 4.78 is 5.49. The predicted octanol–water partition coefficient (Wildman–Crippen LogP) is 4.40. The first-order valence-electron chi connectivity index (χ1n) is 8.91. The fraction of sp³-hybridized carbons (Fsp3) is 0.174. The Kier molecular flexibility index (Phi) is 6.57. The number of ether oxygens (including phenoxy) is 1. The monoisotopic (exact) mass is 361 g/mol. The highest BCUT2D eigenvalue weighted by Gasteiger charge is 2.18. The second-order valence-corrected chi connectivity index (χ2v) is 8.09. The van der Waals surface area contributed by atoms with Gasteiger partial charge in [0.05, 0.1) is 13.2 Å². The Balaban J connectivity index is 2.04. The Morgan fingerprint density at radius 2 is 1.35 bits per heavy atom. The third kappa shape index (κ3) is 4.59. The number of benzene rings is 3. The molecule has 0 unspecified atom stereocenters. The van der Waals surface area contributed by atoms with Crippen molar-refractivity contribution in [2.45, 2.75) is 20.4 Å². The van der Waals surface area contributed by atoms with Gasteiger partial charge in [-0.15, -0.1) is 0 Å². The van der Waals surface area contributed by atoms with Crippen molar-refractivity contribution in [3.8, 4) is 0 Å². The minimum atomic E-state index is -0.616. The van der Waals surface area contributed by atoms with E-state index in [-0.39, 0.29) is 0 Å². The number of hydrogen-bond donors (Lipinski definition) is 0. The highest BCUT2D eigenvalue weighted by atomic mass is 31.1. The molecule has 132 valence electrons. The second-order valence-electron chi connectivity index (χ2n) is 5.90. The van der Waals surface area contributed by atoms with Crippen LogP contribution in [0.4, 0.5) is 0 Å². The zero-order valence-corrected chi connectivity index (χ0v) is 16.2. The van der Waals surface area contributed by atoms with E-state index in [9.17, 15) is 0 Å². The van der Waals surface area contributed by atoms with Gasteiger partial charge in [-0.3, -0.25) is 4.99 Å². The summed E-state index contributed by atoms with van der Waals surface area (Å²) in [4.78, 5) is 4.62. The highest BCUT2D eigenvalue weighted by Crippen LogP contribution is 2.34. The smallest absolute Gasteiger partial charge is 0.180 e. The van der Waals surface area contributed by atoms with E-state index < -0.39 is 7.92 Å². The fourth-order valence-electron chi connectivity index (χ4n) is 2.90. The number of rotatable bonds is 6. The summed E-state index contributed by atoms with van der Waals surface area (Å²) in [5, 5.41) is 4.06. The van der Waals surface area contributed by atoms with E-state index in [4.69, 9.17) is 4.74 Å². The van der Waals surface area contributed by atoms with E-state index in [0.29, 0.717) is 13.2 Å². The van der Waals surface area contributed by atoms with Gasteiger partial charge in [-0.2, -0.15) is 0 Å². The van der Waals surface area contributed by atoms with Gasteiger partial charge in [0.2, 0.25) is 0 Å². The molecule has 3 heteroatoms. The van der Waals surface area contributed by atoms with Crippen LogP contribution in [0.15, 0.2) is 89.9 Å². The molecule has 0 heterocycles. The summed E-state index contributed by atoms with van der Waals surface area (Å²) in [6.07, 6.45) is 0. The van der Waals surface area contributed by atoms with Crippen molar-refractivity contribution < 1.29 is 4.74 Å². The molecule has 0 atom stereocenters. The van der Waals surface area contributed by atoms with Crippen LogP contribution in [-0.4, -0.2) is 12.5 Å². The first-order valence-corrected chi connectivity index (χ1v) is 10.3. The number of hydrogen-bond acceptors (Lipinski definition) is 2. The molecule has 0 aliphatic rings. The molecule has 0 saturated heterocycles. The topological polar surface area (TPSA) is 21.6 Å². The van der Waals surface area contributed by atoms with Gasteiger partial charge in [-0.25, -0.2) is 0 Å². The molecule has 26 heavy (non-hydrogen) atoms. The summed E-state index contributed by atoms with van der Waals surface area (Å²) >= 11 is 0. The Morgan fingerprint density at radius 1 is 0.808 bits per heavy atom. The molecule has 0 fully saturated rings. The molecule has 0 bridgehead atoms. The van der Waals surface area contributed by atoms with Crippen molar-refractivity contribution >= 4 is 29.7 Å². The van der Waals surface area contributed by atoms with Crippen molar-refractivity contribution in [1.29, 1.82) is 0 Å². The van der Waals surface area contributed by atoms with Gasteiger partial charge in [0, 0.05) is 6.92 Å². The van der Waals surface area contributed by atoms with Crippen LogP contribution in [0, 0.1) is 0 Å². The van der Waals surface area contributed by atoms with E-state index in [0.717, 1.165) is 5.90 Å². The Hall–Kier alpha value is -2.44. The Morgan fingerprint density at radius 3 is 1.92 bits per heavy atom. The molecule has 0 aliphatic carbocycles. The van der Waals surface area contributed by atoms with E-state index in [2.05, 4.69) is 89.9 Å². The summed E-state index contributed by atoms with van der Waals surface area (Å²) in [7, 11) is -0.616. The van der Waals surface area contributed by atoms with Gasteiger partial charge in [0.15, 0.2) is 5.90 Å². The molecular formula is C23H24NOP. The van der Waals surface area contributed by atoms with Crippen molar-refractivity contribution in [2.75, 3.05) is 6.61 Å². The highest BCUT2D eigenvalue weighted by molar-refractivity contribution is 7.79. The standard InChI is InChI=1S/C23H24NOP/c1-3-25-19(2)24-18-20-12-10-11-17-23(20)26(21-13-6-4-7-14-21)22-15-8-5-9-16-22/h4-17H,3,18H2,1-2H3. The van der Waals surface area contributed by atoms with E-state index in [1.54, 1.807) is 0 Å². The summed E-state index contributed by atoms with van der Waals surface area (Å²) in [5.41, 5.74) is 1.25. The molecule has 0 aliphatic heterocycles. The average molecular weight is 361 g/mol. The summed E-state index contributed by atoms with van der Waals surface area (Å²) in [5.74, 6) is 0.742. The van der Waals surface area contributed by atoms with Crippen LogP contribution in [0.2, 0.25) is 0 Å². The van der Waals surface area contributed by atoms with Gasteiger partial charge in [0.25, 0.3) is 0 Å². The lowest BCUT2D eigenvalue weighted by molar-refractivity contribution is 0.323. The van der Waals surface area contributed by atoms with Crippen molar-refractivity contribution in [3.63, 3.8) is 0 Å². The number of nitrogens with zero attached hydrogens (tertiary/aromatic N) is 1. The average Bonchev–Trinajstić information content (AvgIpc) is 2.69. The summed E-state index contributed by atoms with van der Waals surface area (Å²) in [6, 6.07) is 30.2. The Bertz CT molecular complexity index is 807. The van der Waals surface area contributed by atoms with Crippen molar-refractivity contribution in [3.05, 3.63) is 90.5 Å². The van der Waals surface area contributed by atoms with Crippen molar-refractivity contribution in [1.82, 2.24) is 0 Å². The SMILES string of the molecule is CCOC(C)=NCc1ccccc1P(c1ccccc1)c1ccccc1. The van der Waals surface area contributed by atoms with Gasteiger partial charge < -0.3 is 4.74 Å². The molecule has 0 spiro atoms. The lowest BCUT2D eigenvalue weighted by atomic mass is 10.2. The minimum absolute atomic E-state index is 0.616. The maximum Gasteiger partial charge on any atom is 0.180 e. The number of aliphatic imine (C=N–C) groups is 1. The molecule has 0 saturated carbocycles. The van der Waals surface area contributed by atoms with Crippen LogP contribution in [-0.2, 0) is 11.3 Å². The molecule has 0 aromatic heterocycles. The third-order valence-corrected chi connectivity index (χ3v) is 6.63. The quantitative estimate of drug-likeness (QED) is 0.362. The maximum atomic E-state index is 5.49. The van der Waals surface area contributed by atoms with Crippen LogP contribution in [0.1, 0.15) is 19.4 Å². The molecule has 0 radical (unpaired) electrons. The van der Waals surface area contributed by atoms with Crippen LogP contribution >= 0.6 is 7.92 Å². The first-order chi connectivity index (χ1) is 12.8. The lowest BCUT2D eigenvalue weighted by Gasteiger charge is -2.21. The lowest BCUT2D eigenvalue weighted by Crippen LogP contribution is -2.23. The predicted molar refractivity (Wildman–Crippen MR) is 114 cm³/mol. The molecule has 3 aromatic rings. The van der Waals surface area contributed by atoms with Crippen LogP contribution in [0.25, 0.3) is 0 Å². The zero-order chi connectivity index (χ0) is 18.2. The van der Waals surface area contributed by atoms with Gasteiger partial charge in [-0.05, 0) is 36.3 Å². The molecule has 0 amide bonds. The molecule has 3 aromatic carbocycles. The Labute approximate surface area is 157 Å². The van der Waals surface area contributed by atoms with E-state index in [1.807, 2.05) is 13.8 Å². The maximum absolute atomic E-state index is 5.49. The molecule has 2 nitrogen and oxygen atoms in total. The van der Waals surface area contributed by atoms with E-state index in [1.165, 1.54) is 21.5 Å². The first kappa shape index (κ1) is 18.4. The largest absolute Gasteiger partial charge is 0.481 e. The normalized spacial score (nSPS) is 11.6. The van der Waals surface area contributed by atoms with Gasteiger partial charge in [-0.1, -0.05) is 84.9 Å². The summed E-state index contributed by atoms with van der Waals surface area (Å²) in [6.45, 7) is 5.19. The van der Waals surface area contributed by atoms with Crippen LogP contribution in [0.3, 0.4) is 0 Å². The van der Waals surface area contributed by atoms with Crippen molar-refractivity contribution in [2.24, 2.45) is 4.99 Å². The van der Waals surface area contributed by atoms with E-state index >= 15 is 0 Å². The molecule has 3 rings (SSSR count). The minimum Gasteiger partial charge on any atom is -0.481 e. The van der Waals surface area contributed by atoms with Gasteiger partial charge >= 0.3 is 0 Å². The fourth-order valence-corrected chi connectivity index (χ4v) is 5.36. The van der Waals surface area contributed by atoms with Crippen LogP contribution < -0.4 is 15.9 Å². The molecule has 0 N–H and O–H groups in total. The molecular weight excluding hydrogens is 337 g/mol. The second kappa shape index (κ2) is 9.31. The zero-order valence-electron chi connectivity index (χ0n) is 15.3.